The normalized spacial score (nSPS) is 18.9. The number of amides is 2. The molecule has 0 spiro atoms. The van der Waals surface area contributed by atoms with Crippen molar-refractivity contribution in [3.8, 4) is 5.75 Å². The van der Waals surface area contributed by atoms with Crippen LogP contribution in [0, 0.1) is 0 Å². The zero-order chi connectivity index (χ0) is 19.4. The molecule has 1 aliphatic rings. The van der Waals surface area contributed by atoms with Gasteiger partial charge >= 0.3 is 0 Å². The maximum atomic E-state index is 12.3. The third kappa shape index (κ3) is 5.18. The highest BCUT2D eigenvalue weighted by atomic mass is 35.5. The van der Waals surface area contributed by atoms with Gasteiger partial charge in [-0.3, -0.25) is 14.6 Å². The fraction of sp³-hybridized carbons (Fsp3) is 0.316. The van der Waals surface area contributed by atoms with Gasteiger partial charge in [-0.2, -0.15) is 0 Å². The summed E-state index contributed by atoms with van der Waals surface area (Å²) in [6.07, 6.45) is 2.93. The van der Waals surface area contributed by atoms with Crippen molar-refractivity contribution in [2.75, 3.05) is 5.32 Å². The average Bonchev–Trinajstić information content (AvgIpc) is 3.03. The van der Waals surface area contributed by atoms with Crippen molar-refractivity contribution in [2.24, 2.45) is 0 Å². The van der Waals surface area contributed by atoms with Crippen LogP contribution in [0.1, 0.15) is 35.3 Å². The number of carbonyl (C=O) groups is 2. The Hall–Kier alpha value is -2.64. The zero-order valence-corrected chi connectivity index (χ0v) is 15.2. The molecule has 4 N–H and O–H groups in total. The van der Waals surface area contributed by atoms with E-state index in [1.807, 2.05) is 0 Å². The molecular weight excluding hydrogens is 370 g/mol. The highest BCUT2D eigenvalue weighted by Crippen LogP contribution is 2.22. The van der Waals surface area contributed by atoms with E-state index in [9.17, 15) is 19.8 Å². The Labute approximate surface area is 161 Å². The maximum Gasteiger partial charge on any atom is 0.270 e. The molecule has 7 nitrogen and oxygen atoms in total. The third-order valence-electron chi connectivity index (χ3n) is 4.41. The second-order valence-electron chi connectivity index (χ2n) is 6.57. The first kappa shape index (κ1) is 19.1. The molecule has 1 aromatic carbocycles. The predicted octanol–water partition coefficient (Wildman–Crippen LogP) is 2.26. The number of benzene rings is 1. The summed E-state index contributed by atoms with van der Waals surface area (Å²) in [4.78, 5) is 28.6. The van der Waals surface area contributed by atoms with Gasteiger partial charge in [-0.15, -0.1) is 0 Å². The number of nitrogens with zero attached hydrogens (tertiary/aromatic N) is 1. The minimum Gasteiger partial charge on any atom is -0.508 e. The molecule has 1 aliphatic carbocycles. The number of aliphatic hydroxyl groups excluding tert-OH is 1. The quantitative estimate of drug-likeness (QED) is 0.626. The molecule has 142 valence electrons. The molecule has 1 saturated carbocycles. The molecular formula is C19H20ClN3O4. The fourth-order valence-electron chi connectivity index (χ4n) is 3.05. The Bertz CT molecular complexity index is 859. The van der Waals surface area contributed by atoms with Crippen LogP contribution in [0.2, 0.25) is 5.02 Å². The second-order valence-corrected chi connectivity index (χ2v) is 7.00. The average molecular weight is 390 g/mol. The number of hydrogen-bond donors (Lipinski definition) is 4. The van der Waals surface area contributed by atoms with Crippen LogP contribution in [0.25, 0.3) is 0 Å². The molecule has 0 bridgehead atoms. The Morgan fingerprint density at radius 3 is 2.78 bits per heavy atom. The Morgan fingerprint density at radius 1 is 1.22 bits per heavy atom. The van der Waals surface area contributed by atoms with Crippen LogP contribution in [0.3, 0.4) is 0 Å². The Morgan fingerprint density at radius 2 is 2.04 bits per heavy atom. The molecule has 1 fully saturated rings. The largest absolute Gasteiger partial charge is 0.508 e. The van der Waals surface area contributed by atoms with Gasteiger partial charge in [0.15, 0.2) is 0 Å². The zero-order valence-electron chi connectivity index (χ0n) is 14.5. The van der Waals surface area contributed by atoms with E-state index in [2.05, 4.69) is 15.6 Å². The molecule has 2 amide bonds. The molecule has 0 radical (unpaired) electrons. The first-order valence-electron chi connectivity index (χ1n) is 8.63. The second kappa shape index (κ2) is 8.37. The summed E-state index contributed by atoms with van der Waals surface area (Å²) in [6, 6.07) is 7.48. The van der Waals surface area contributed by atoms with Crippen LogP contribution in [-0.2, 0) is 11.2 Å². The first-order chi connectivity index (χ1) is 12.9. The number of anilines is 1. The minimum absolute atomic E-state index is 0.0110. The lowest BCUT2D eigenvalue weighted by Crippen LogP contribution is -2.33. The van der Waals surface area contributed by atoms with Crippen LogP contribution in [0.15, 0.2) is 36.5 Å². The monoisotopic (exact) mass is 389 g/mol. The molecule has 0 saturated heterocycles. The molecule has 0 aliphatic heterocycles. The van der Waals surface area contributed by atoms with Crippen LogP contribution >= 0.6 is 11.6 Å². The number of pyridine rings is 1. The summed E-state index contributed by atoms with van der Waals surface area (Å²) >= 11 is 5.88. The highest BCUT2D eigenvalue weighted by molar-refractivity contribution is 6.30. The van der Waals surface area contributed by atoms with E-state index >= 15 is 0 Å². The number of rotatable bonds is 5. The van der Waals surface area contributed by atoms with Crippen LogP contribution < -0.4 is 10.6 Å². The lowest BCUT2D eigenvalue weighted by molar-refractivity contribution is -0.115. The lowest BCUT2D eigenvalue weighted by Gasteiger charge is -2.12. The topological polar surface area (TPSA) is 112 Å². The summed E-state index contributed by atoms with van der Waals surface area (Å²) < 4.78 is 0. The molecule has 2 atom stereocenters. The summed E-state index contributed by atoms with van der Waals surface area (Å²) in [5.74, 6) is -0.718. The maximum absolute atomic E-state index is 12.3. The Kier molecular flexibility index (Phi) is 5.93. The molecule has 1 aromatic heterocycles. The summed E-state index contributed by atoms with van der Waals surface area (Å²) in [5.41, 5.74) is 1.01. The smallest absolute Gasteiger partial charge is 0.270 e. The van der Waals surface area contributed by atoms with Gasteiger partial charge < -0.3 is 20.8 Å². The Balaban J connectivity index is 1.62. The van der Waals surface area contributed by atoms with Crippen LogP contribution in [0.4, 0.5) is 5.69 Å². The molecule has 0 unspecified atom stereocenters. The molecule has 1 heterocycles. The number of carbonyl (C=O) groups excluding carboxylic acids is 2. The van der Waals surface area contributed by atoms with Crippen molar-refractivity contribution in [1.29, 1.82) is 0 Å². The summed E-state index contributed by atoms with van der Waals surface area (Å²) in [5, 5.41) is 25.3. The van der Waals surface area contributed by atoms with Crippen molar-refractivity contribution < 1.29 is 19.8 Å². The van der Waals surface area contributed by atoms with Gasteiger partial charge in [-0.25, -0.2) is 0 Å². The fourth-order valence-corrected chi connectivity index (χ4v) is 3.25. The third-order valence-corrected chi connectivity index (χ3v) is 4.64. The van der Waals surface area contributed by atoms with Crippen LogP contribution in [-0.4, -0.2) is 39.2 Å². The minimum atomic E-state index is -0.378. The number of aromatic hydroxyl groups is 1. The van der Waals surface area contributed by atoms with Crippen LogP contribution in [0.5, 0.6) is 5.75 Å². The molecule has 8 heteroatoms. The lowest BCUT2D eigenvalue weighted by atomic mass is 10.1. The van der Waals surface area contributed by atoms with Crippen molar-refractivity contribution in [1.82, 2.24) is 10.3 Å². The summed E-state index contributed by atoms with van der Waals surface area (Å²) in [6.45, 7) is 0. The van der Waals surface area contributed by atoms with Crippen molar-refractivity contribution >= 4 is 29.1 Å². The van der Waals surface area contributed by atoms with Gasteiger partial charge in [0.2, 0.25) is 5.91 Å². The van der Waals surface area contributed by atoms with Gasteiger partial charge in [0.05, 0.1) is 12.5 Å². The van der Waals surface area contributed by atoms with Crippen molar-refractivity contribution in [2.45, 2.75) is 37.8 Å². The van der Waals surface area contributed by atoms with Gasteiger partial charge in [-0.1, -0.05) is 11.6 Å². The van der Waals surface area contributed by atoms with Gasteiger partial charge in [0.1, 0.15) is 11.4 Å². The van der Waals surface area contributed by atoms with Crippen molar-refractivity contribution in [3.05, 3.63) is 52.8 Å². The summed E-state index contributed by atoms with van der Waals surface area (Å²) in [7, 11) is 0. The number of aliphatic hydroxyl groups is 1. The molecule has 2 aromatic rings. The van der Waals surface area contributed by atoms with E-state index in [0.29, 0.717) is 29.1 Å². The standard InChI is InChI=1S/C19H20ClN3O4/c20-12-1-4-17(25)11(7-12)8-18(26)22-14-5-6-21-16(10-14)19(27)23-13-2-3-15(24)9-13/h1,4-7,10,13,15,24-25H,2-3,8-9H2,(H,23,27)(H,21,22,26)/t13-,15+/m0/s1. The first-order valence-corrected chi connectivity index (χ1v) is 9.00. The number of aromatic nitrogens is 1. The molecule has 3 rings (SSSR count). The molecule has 27 heavy (non-hydrogen) atoms. The van der Waals surface area contributed by atoms with E-state index in [4.69, 9.17) is 11.6 Å². The van der Waals surface area contributed by atoms with Gasteiger partial charge in [-0.05, 0) is 49.6 Å². The number of hydrogen-bond acceptors (Lipinski definition) is 5. The van der Waals surface area contributed by atoms with E-state index in [1.165, 1.54) is 30.5 Å². The highest BCUT2D eigenvalue weighted by Gasteiger charge is 2.24. The number of halogens is 1. The van der Waals surface area contributed by atoms with E-state index < -0.39 is 0 Å². The number of nitrogens with one attached hydrogen (secondary N) is 2. The van der Waals surface area contributed by atoms with E-state index in [1.54, 1.807) is 6.07 Å². The number of phenolic OH excluding ortho intramolecular Hbond substituents is 1. The van der Waals surface area contributed by atoms with E-state index in [0.717, 1.165) is 6.42 Å². The van der Waals surface area contributed by atoms with Crippen molar-refractivity contribution in [3.63, 3.8) is 0 Å². The van der Waals surface area contributed by atoms with Gasteiger partial charge in [0, 0.05) is 28.5 Å². The number of phenols is 1. The SMILES string of the molecule is O=C(Cc1cc(Cl)ccc1O)Nc1ccnc(C(=O)N[C@H]2CC[C@@H](O)C2)c1. The van der Waals surface area contributed by atoms with Gasteiger partial charge in [0.25, 0.3) is 5.91 Å². The van der Waals surface area contributed by atoms with E-state index in [-0.39, 0.29) is 41.8 Å². The predicted molar refractivity (Wildman–Crippen MR) is 101 cm³/mol.